The molecule has 0 aromatic carbocycles. The average Bonchev–Trinajstić information content (AvgIpc) is 2.86. The van der Waals surface area contributed by atoms with Crippen molar-refractivity contribution in [1.82, 2.24) is 4.98 Å². The summed E-state index contributed by atoms with van der Waals surface area (Å²) in [5.74, 6) is 0.455. The van der Waals surface area contributed by atoms with Crippen molar-refractivity contribution in [2.24, 2.45) is 16.7 Å². The van der Waals surface area contributed by atoms with E-state index in [0.29, 0.717) is 17.3 Å². The van der Waals surface area contributed by atoms with Gasteiger partial charge in [0, 0.05) is 6.04 Å². The fourth-order valence-corrected chi connectivity index (χ4v) is 4.44. The quantitative estimate of drug-likeness (QED) is 0.886. The Balaban J connectivity index is 1.87. The molecule has 2 saturated carbocycles. The van der Waals surface area contributed by atoms with E-state index in [1.165, 1.54) is 25.3 Å². The number of aromatic nitrogens is 1. The molecule has 20 heavy (non-hydrogen) atoms. The van der Waals surface area contributed by atoms with Gasteiger partial charge in [-0.3, -0.25) is 0 Å². The van der Waals surface area contributed by atoms with Crippen molar-refractivity contribution in [3.05, 3.63) is 23.9 Å². The van der Waals surface area contributed by atoms with Crippen LogP contribution in [0.3, 0.4) is 0 Å². The van der Waals surface area contributed by atoms with Crippen LogP contribution in [0.25, 0.3) is 0 Å². The first-order chi connectivity index (χ1) is 9.33. The van der Waals surface area contributed by atoms with Gasteiger partial charge in [0.2, 0.25) is 0 Å². The molecule has 2 aliphatic rings. The van der Waals surface area contributed by atoms with Crippen LogP contribution >= 0.6 is 0 Å². The number of hydrogen-bond acceptors (Lipinski definition) is 3. The topological polar surface area (TPSA) is 62.2 Å². The Hall–Kier alpha value is -1.58. The van der Waals surface area contributed by atoms with Gasteiger partial charge in [-0.1, -0.05) is 26.8 Å². The van der Waals surface area contributed by atoms with Crippen LogP contribution in [-0.4, -0.2) is 22.1 Å². The molecule has 1 heterocycles. The summed E-state index contributed by atoms with van der Waals surface area (Å²) in [6.45, 7) is 6.99. The third-order valence-electron chi connectivity index (χ3n) is 5.53. The van der Waals surface area contributed by atoms with Crippen LogP contribution in [0.4, 0.5) is 5.82 Å². The van der Waals surface area contributed by atoms with Gasteiger partial charge in [0.1, 0.15) is 5.82 Å². The Labute approximate surface area is 119 Å². The predicted molar refractivity (Wildman–Crippen MR) is 77.8 cm³/mol. The number of nitrogens with one attached hydrogen (secondary N) is 1. The lowest BCUT2D eigenvalue weighted by molar-refractivity contribution is 0.0690. The predicted octanol–water partition coefficient (Wildman–Crippen LogP) is 3.41. The number of carbonyl (C=O) groups is 1. The summed E-state index contributed by atoms with van der Waals surface area (Å²) in [5, 5.41) is 12.6. The normalized spacial score (nSPS) is 34.1. The van der Waals surface area contributed by atoms with Crippen molar-refractivity contribution >= 4 is 11.8 Å². The Morgan fingerprint density at radius 3 is 2.75 bits per heavy atom. The van der Waals surface area contributed by atoms with Crippen molar-refractivity contribution < 1.29 is 9.90 Å². The SMILES string of the molecule is CC12CCC(C1)C(C)(C)C2Nc1cccc(C(=O)O)n1. The molecule has 2 N–H and O–H groups in total. The molecule has 0 saturated heterocycles. The standard InChI is InChI=1S/C16H22N2O2/c1-15(2)10-7-8-16(3,9-10)14(15)18-12-6-4-5-11(17-12)13(19)20/h4-6,10,14H,7-9H2,1-3H3,(H,17,18)(H,19,20). The zero-order valence-corrected chi connectivity index (χ0v) is 12.3. The van der Waals surface area contributed by atoms with E-state index in [-0.39, 0.29) is 11.1 Å². The maximum atomic E-state index is 11.0. The number of anilines is 1. The molecule has 0 amide bonds. The van der Waals surface area contributed by atoms with Crippen molar-refractivity contribution in [2.75, 3.05) is 5.32 Å². The molecule has 2 aliphatic carbocycles. The van der Waals surface area contributed by atoms with Crippen LogP contribution in [-0.2, 0) is 0 Å². The monoisotopic (exact) mass is 274 g/mol. The summed E-state index contributed by atoms with van der Waals surface area (Å²) >= 11 is 0. The van der Waals surface area contributed by atoms with Gasteiger partial charge in [0.25, 0.3) is 0 Å². The van der Waals surface area contributed by atoms with Gasteiger partial charge < -0.3 is 10.4 Å². The molecule has 4 heteroatoms. The second-order valence-electron chi connectivity index (χ2n) is 7.21. The Kier molecular flexibility index (Phi) is 2.82. The zero-order valence-electron chi connectivity index (χ0n) is 12.3. The lowest BCUT2D eigenvalue weighted by atomic mass is 9.68. The fourth-order valence-electron chi connectivity index (χ4n) is 4.44. The summed E-state index contributed by atoms with van der Waals surface area (Å²) < 4.78 is 0. The van der Waals surface area contributed by atoms with Gasteiger partial charge in [-0.05, 0) is 48.1 Å². The maximum Gasteiger partial charge on any atom is 0.354 e. The first kappa shape index (κ1) is 13.4. The minimum atomic E-state index is -0.980. The van der Waals surface area contributed by atoms with Gasteiger partial charge in [-0.25, -0.2) is 9.78 Å². The van der Waals surface area contributed by atoms with Gasteiger partial charge >= 0.3 is 5.97 Å². The molecule has 1 aromatic rings. The van der Waals surface area contributed by atoms with E-state index in [2.05, 4.69) is 31.1 Å². The number of rotatable bonds is 3. The molecular weight excluding hydrogens is 252 g/mol. The van der Waals surface area contributed by atoms with Gasteiger partial charge in [0.15, 0.2) is 5.69 Å². The van der Waals surface area contributed by atoms with Crippen LogP contribution in [0.5, 0.6) is 0 Å². The number of hydrogen-bond donors (Lipinski definition) is 2. The van der Waals surface area contributed by atoms with Crippen LogP contribution in [0, 0.1) is 16.7 Å². The van der Waals surface area contributed by atoms with Crippen LogP contribution in [0.15, 0.2) is 18.2 Å². The summed E-state index contributed by atoms with van der Waals surface area (Å²) in [5.41, 5.74) is 0.629. The first-order valence-electron chi connectivity index (χ1n) is 7.30. The minimum Gasteiger partial charge on any atom is -0.477 e. The van der Waals surface area contributed by atoms with Crippen molar-refractivity contribution in [3.8, 4) is 0 Å². The van der Waals surface area contributed by atoms with Crippen molar-refractivity contribution in [1.29, 1.82) is 0 Å². The number of pyridine rings is 1. The van der Waals surface area contributed by atoms with E-state index in [4.69, 9.17) is 5.11 Å². The summed E-state index contributed by atoms with van der Waals surface area (Å²) in [6.07, 6.45) is 3.82. The molecule has 0 spiro atoms. The minimum absolute atomic E-state index is 0.0983. The second kappa shape index (κ2) is 4.21. The van der Waals surface area contributed by atoms with E-state index < -0.39 is 5.97 Å². The highest BCUT2D eigenvalue weighted by Crippen LogP contribution is 2.62. The molecule has 2 fully saturated rings. The van der Waals surface area contributed by atoms with Gasteiger partial charge in [0.05, 0.1) is 0 Å². The van der Waals surface area contributed by atoms with E-state index in [9.17, 15) is 4.79 Å². The van der Waals surface area contributed by atoms with Crippen LogP contribution in [0.2, 0.25) is 0 Å². The number of carboxylic acids is 1. The maximum absolute atomic E-state index is 11.0. The van der Waals surface area contributed by atoms with E-state index in [1.54, 1.807) is 6.07 Å². The van der Waals surface area contributed by atoms with Crippen molar-refractivity contribution in [3.63, 3.8) is 0 Å². The summed E-state index contributed by atoms with van der Waals surface area (Å²) in [6, 6.07) is 5.49. The summed E-state index contributed by atoms with van der Waals surface area (Å²) in [7, 11) is 0. The van der Waals surface area contributed by atoms with Crippen LogP contribution in [0.1, 0.15) is 50.5 Å². The highest BCUT2D eigenvalue weighted by atomic mass is 16.4. The Morgan fingerprint density at radius 1 is 1.40 bits per heavy atom. The molecule has 3 rings (SSSR count). The molecule has 108 valence electrons. The molecule has 0 radical (unpaired) electrons. The summed E-state index contributed by atoms with van der Waals surface area (Å²) in [4.78, 5) is 15.2. The lowest BCUT2D eigenvalue weighted by Crippen LogP contribution is -2.46. The molecule has 1 aromatic heterocycles. The first-order valence-corrected chi connectivity index (χ1v) is 7.30. The van der Waals surface area contributed by atoms with Crippen molar-refractivity contribution in [2.45, 2.75) is 46.1 Å². The van der Waals surface area contributed by atoms with E-state index >= 15 is 0 Å². The average molecular weight is 274 g/mol. The fraction of sp³-hybridized carbons (Fsp3) is 0.625. The highest BCUT2D eigenvalue weighted by molar-refractivity contribution is 5.85. The number of nitrogens with zero attached hydrogens (tertiary/aromatic N) is 1. The molecule has 2 bridgehead atoms. The second-order valence-corrected chi connectivity index (χ2v) is 7.21. The van der Waals surface area contributed by atoms with E-state index in [1.807, 2.05) is 6.07 Å². The highest BCUT2D eigenvalue weighted by Gasteiger charge is 2.59. The zero-order chi connectivity index (χ0) is 14.5. The number of carboxylic acid groups (broad SMARTS) is 1. The third-order valence-corrected chi connectivity index (χ3v) is 5.53. The van der Waals surface area contributed by atoms with E-state index in [0.717, 1.165) is 5.92 Å². The smallest absolute Gasteiger partial charge is 0.354 e. The lowest BCUT2D eigenvalue weighted by Gasteiger charge is -2.43. The molecule has 3 unspecified atom stereocenters. The Morgan fingerprint density at radius 2 is 2.15 bits per heavy atom. The molecular formula is C16H22N2O2. The molecule has 4 nitrogen and oxygen atoms in total. The van der Waals surface area contributed by atoms with Crippen LogP contribution < -0.4 is 5.32 Å². The largest absolute Gasteiger partial charge is 0.477 e. The molecule has 0 aliphatic heterocycles. The van der Waals surface area contributed by atoms with Gasteiger partial charge in [-0.2, -0.15) is 0 Å². The molecule has 3 atom stereocenters. The number of fused-ring (bicyclic) bond motifs is 2. The Bertz CT molecular complexity index is 550. The third kappa shape index (κ3) is 1.89. The number of aromatic carboxylic acids is 1. The van der Waals surface area contributed by atoms with Gasteiger partial charge in [-0.15, -0.1) is 0 Å².